The van der Waals surface area contributed by atoms with E-state index in [4.69, 9.17) is 7.85 Å². The number of amides is 1. The Balaban J connectivity index is 1.46. The predicted octanol–water partition coefficient (Wildman–Crippen LogP) is 2.64. The number of para-hydroxylation sites is 1. The molecule has 0 aliphatic heterocycles. The van der Waals surface area contributed by atoms with Gasteiger partial charge in [-0.25, -0.2) is 9.37 Å². The van der Waals surface area contributed by atoms with Gasteiger partial charge in [-0.2, -0.15) is 9.61 Å². The summed E-state index contributed by atoms with van der Waals surface area (Å²) in [5.74, 6) is 0.658. The summed E-state index contributed by atoms with van der Waals surface area (Å²) in [7, 11) is 6.01. The van der Waals surface area contributed by atoms with Gasteiger partial charge < -0.3 is 15.3 Å². The molecule has 1 aliphatic carbocycles. The average molecular weight is 421 g/mol. The number of halogens is 1. The number of carbonyl (C=O) groups is 1. The van der Waals surface area contributed by atoms with Crippen LogP contribution in [0.3, 0.4) is 0 Å². The maximum absolute atomic E-state index is 13.4. The molecule has 0 atom stereocenters. The van der Waals surface area contributed by atoms with Gasteiger partial charge in [0.15, 0.2) is 12.4 Å². The van der Waals surface area contributed by atoms with E-state index in [0.717, 1.165) is 25.7 Å². The van der Waals surface area contributed by atoms with E-state index >= 15 is 0 Å². The number of aromatic hydroxyl groups is 1. The second-order valence-electron chi connectivity index (χ2n) is 7.86. The molecular formula is C22H25BFN5O2. The van der Waals surface area contributed by atoms with Crippen LogP contribution in [0.15, 0.2) is 36.5 Å². The van der Waals surface area contributed by atoms with Crippen LogP contribution < -0.4 is 10.8 Å². The fourth-order valence-corrected chi connectivity index (χ4v) is 4.08. The van der Waals surface area contributed by atoms with Crippen LogP contribution in [0.2, 0.25) is 0 Å². The normalized spacial score (nSPS) is 14.2. The molecule has 1 aliphatic rings. The number of carbonyl (C=O) groups excluding carboxylic acids is 1. The van der Waals surface area contributed by atoms with E-state index in [2.05, 4.69) is 15.4 Å². The number of phenolic OH excluding ortho intramolecular Hbond substituents is 1. The highest BCUT2D eigenvalue weighted by atomic mass is 19.1. The van der Waals surface area contributed by atoms with Crippen molar-refractivity contribution in [2.24, 2.45) is 5.92 Å². The molecule has 2 aromatic heterocycles. The first kappa shape index (κ1) is 21.1. The third-order valence-electron chi connectivity index (χ3n) is 5.75. The average Bonchev–Trinajstić information content (AvgIpc) is 3.44. The second kappa shape index (κ2) is 9.37. The standard InChI is InChI=1S/C22H25BFN5O2/c23-17-13-26-29-20(12-18(27-21(17)29)16-8-3-4-9-19(16)30)25-10-5-11-28(14-24)22(31)15-6-1-2-7-15/h3-4,8-9,12-13,15,25,30H,1-2,5-7,10-11,14H2. The largest absolute Gasteiger partial charge is 0.507 e. The third-order valence-corrected chi connectivity index (χ3v) is 5.75. The number of rotatable bonds is 8. The van der Waals surface area contributed by atoms with Crippen molar-refractivity contribution < 1.29 is 14.3 Å². The SMILES string of the molecule is [B]c1cnn2c(NCCCN(CF)C(=O)C3CCCC3)cc(-c3ccccc3O)nc12. The van der Waals surface area contributed by atoms with Crippen molar-refractivity contribution in [1.29, 1.82) is 0 Å². The van der Waals surface area contributed by atoms with Gasteiger partial charge in [-0.15, -0.1) is 0 Å². The van der Waals surface area contributed by atoms with E-state index in [0.29, 0.717) is 47.7 Å². The van der Waals surface area contributed by atoms with E-state index in [1.165, 1.54) is 11.1 Å². The first-order valence-corrected chi connectivity index (χ1v) is 10.6. The molecule has 1 amide bonds. The zero-order valence-electron chi connectivity index (χ0n) is 17.3. The van der Waals surface area contributed by atoms with Crippen molar-refractivity contribution in [2.75, 3.05) is 25.2 Å². The van der Waals surface area contributed by atoms with Gasteiger partial charge in [0.2, 0.25) is 5.91 Å². The van der Waals surface area contributed by atoms with Crippen LogP contribution in [0.25, 0.3) is 16.9 Å². The number of anilines is 1. The number of hydrogen-bond acceptors (Lipinski definition) is 5. The Morgan fingerprint density at radius 2 is 2.10 bits per heavy atom. The van der Waals surface area contributed by atoms with Gasteiger partial charge >= 0.3 is 0 Å². The van der Waals surface area contributed by atoms with Crippen molar-refractivity contribution >= 4 is 30.7 Å². The first-order chi connectivity index (χ1) is 15.1. The van der Waals surface area contributed by atoms with Crippen molar-refractivity contribution in [3.8, 4) is 17.0 Å². The van der Waals surface area contributed by atoms with Crippen LogP contribution in [0, 0.1) is 5.92 Å². The number of fused-ring (bicyclic) bond motifs is 1. The highest BCUT2D eigenvalue weighted by Crippen LogP contribution is 2.29. The van der Waals surface area contributed by atoms with Gasteiger partial charge in [0.1, 0.15) is 19.4 Å². The van der Waals surface area contributed by atoms with Crippen LogP contribution >= 0.6 is 0 Å². The molecule has 0 saturated heterocycles. The second-order valence-corrected chi connectivity index (χ2v) is 7.86. The van der Waals surface area contributed by atoms with Crippen molar-refractivity contribution in [1.82, 2.24) is 19.5 Å². The lowest BCUT2D eigenvalue weighted by Gasteiger charge is -2.22. The monoisotopic (exact) mass is 421 g/mol. The molecule has 0 spiro atoms. The molecule has 31 heavy (non-hydrogen) atoms. The van der Waals surface area contributed by atoms with Gasteiger partial charge in [0.25, 0.3) is 0 Å². The zero-order valence-corrected chi connectivity index (χ0v) is 17.3. The smallest absolute Gasteiger partial charge is 0.227 e. The minimum Gasteiger partial charge on any atom is -0.507 e. The molecule has 3 aromatic rings. The number of nitrogens with one attached hydrogen (secondary N) is 1. The van der Waals surface area contributed by atoms with Crippen LogP contribution in [0.1, 0.15) is 32.1 Å². The Hall–Kier alpha value is -3.10. The summed E-state index contributed by atoms with van der Waals surface area (Å²) in [6.07, 6.45) is 5.91. The van der Waals surface area contributed by atoms with E-state index in [-0.39, 0.29) is 17.6 Å². The summed E-state index contributed by atoms with van der Waals surface area (Å²) in [5, 5.41) is 17.8. The van der Waals surface area contributed by atoms with Crippen LogP contribution in [0.4, 0.5) is 10.2 Å². The van der Waals surface area contributed by atoms with Crippen molar-refractivity contribution in [2.45, 2.75) is 32.1 Å². The lowest BCUT2D eigenvalue weighted by atomic mass is 10.0. The topological polar surface area (TPSA) is 82.8 Å². The lowest BCUT2D eigenvalue weighted by molar-refractivity contribution is -0.137. The van der Waals surface area contributed by atoms with E-state index in [1.807, 2.05) is 6.07 Å². The Labute approximate surface area is 181 Å². The van der Waals surface area contributed by atoms with Gasteiger partial charge in [-0.1, -0.05) is 25.0 Å². The van der Waals surface area contributed by atoms with Crippen molar-refractivity contribution in [3.05, 3.63) is 36.5 Å². The molecule has 2 radical (unpaired) electrons. The molecule has 1 saturated carbocycles. The maximum atomic E-state index is 13.4. The number of phenols is 1. The third kappa shape index (κ3) is 4.50. The number of aromatic nitrogens is 3. The van der Waals surface area contributed by atoms with Crippen LogP contribution in [0.5, 0.6) is 5.75 Å². The van der Waals surface area contributed by atoms with Gasteiger partial charge in [0.05, 0.1) is 5.69 Å². The molecule has 2 N–H and O–H groups in total. The lowest BCUT2D eigenvalue weighted by Crippen LogP contribution is -2.36. The minimum atomic E-state index is -0.762. The molecule has 0 bridgehead atoms. The molecule has 1 aromatic carbocycles. The molecule has 9 heteroatoms. The minimum absolute atomic E-state index is 0.0308. The molecule has 7 nitrogen and oxygen atoms in total. The maximum Gasteiger partial charge on any atom is 0.227 e. The molecule has 4 rings (SSSR count). The molecule has 0 unspecified atom stereocenters. The molecule has 2 heterocycles. The van der Waals surface area contributed by atoms with E-state index in [9.17, 15) is 14.3 Å². The zero-order chi connectivity index (χ0) is 21.8. The number of hydrogen-bond donors (Lipinski definition) is 2. The summed E-state index contributed by atoms with van der Waals surface area (Å²) >= 11 is 0. The highest BCUT2D eigenvalue weighted by Gasteiger charge is 2.26. The Morgan fingerprint density at radius 3 is 2.84 bits per heavy atom. The molecular weight excluding hydrogens is 396 g/mol. The van der Waals surface area contributed by atoms with Crippen LogP contribution in [-0.4, -0.2) is 58.2 Å². The van der Waals surface area contributed by atoms with E-state index in [1.54, 1.807) is 28.8 Å². The van der Waals surface area contributed by atoms with Gasteiger partial charge in [0, 0.05) is 36.8 Å². The number of nitrogens with zero attached hydrogens (tertiary/aromatic N) is 4. The van der Waals surface area contributed by atoms with Gasteiger partial charge in [-0.05, 0) is 36.9 Å². The predicted molar refractivity (Wildman–Crippen MR) is 118 cm³/mol. The summed E-state index contributed by atoms with van der Waals surface area (Å²) in [6, 6.07) is 8.72. The Kier molecular flexibility index (Phi) is 6.39. The van der Waals surface area contributed by atoms with Gasteiger partial charge in [-0.3, -0.25) is 4.79 Å². The summed E-state index contributed by atoms with van der Waals surface area (Å²) in [4.78, 5) is 18.3. The molecule has 1 fully saturated rings. The van der Waals surface area contributed by atoms with E-state index < -0.39 is 6.80 Å². The number of alkyl halides is 1. The fraction of sp³-hybridized carbons (Fsp3) is 0.409. The number of benzene rings is 1. The Bertz CT molecular complexity index is 1070. The summed E-state index contributed by atoms with van der Waals surface area (Å²) in [6.45, 7) is 0.0934. The summed E-state index contributed by atoms with van der Waals surface area (Å²) in [5.41, 5.74) is 2.04. The van der Waals surface area contributed by atoms with Crippen LogP contribution in [-0.2, 0) is 4.79 Å². The fourth-order valence-electron chi connectivity index (χ4n) is 4.08. The van der Waals surface area contributed by atoms with Crippen molar-refractivity contribution in [3.63, 3.8) is 0 Å². The highest BCUT2D eigenvalue weighted by molar-refractivity contribution is 6.36. The quantitative estimate of drug-likeness (QED) is 0.332. The Morgan fingerprint density at radius 1 is 1.32 bits per heavy atom. The summed E-state index contributed by atoms with van der Waals surface area (Å²) < 4.78 is 15.0. The first-order valence-electron chi connectivity index (χ1n) is 10.6. The molecule has 160 valence electrons.